The first-order chi connectivity index (χ1) is 24.3. The second kappa shape index (κ2) is 16.3. The number of rotatable bonds is 11. The molecule has 0 spiro atoms. The number of aliphatic imine (C=N–C) groups is 1. The van der Waals surface area contributed by atoms with E-state index in [0.29, 0.717) is 11.3 Å². The van der Waals surface area contributed by atoms with Crippen LogP contribution in [-0.2, 0) is 14.2 Å². The first-order valence-electron chi connectivity index (χ1n) is 17.1. The van der Waals surface area contributed by atoms with Crippen LogP contribution in [0.1, 0.15) is 68.6 Å². The summed E-state index contributed by atoms with van der Waals surface area (Å²) < 4.78 is 10.7. The van der Waals surface area contributed by atoms with Crippen molar-refractivity contribution in [2.24, 2.45) is 4.99 Å². The third-order valence-electron chi connectivity index (χ3n) is 7.82. The van der Waals surface area contributed by atoms with Gasteiger partial charge in [-0.25, -0.2) is 9.59 Å². The summed E-state index contributed by atoms with van der Waals surface area (Å²) in [5.74, 6) is 0.138. The lowest BCUT2D eigenvalue weighted by molar-refractivity contribution is 0.00692. The highest BCUT2D eigenvalue weighted by Gasteiger charge is 2.37. The van der Waals surface area contributed by atoms with Crippen molar-refractivity contribution in [2.75, 3.05) is 5.75 Å². The van der Waals surface area contributed by atoms with Gasteiger partial charge in [-0.3, -0.25) is 4.99 Å². The molecule has 7 heteroatoms. The van der Waals surface area contributed by atoms with Gasteiger partial charge in [-0.15, -0.1) is 11.8 Å². The van der Waals surface area contributed by atoms with Crippen molar-refractivity contribution in [1.29, 1.82) is 0 Å². The van der Waals surface area contributed by atoms with Crippen LogP contribution in [0, 0.1) is 0 Å². The Labute approximate surface area is 306 Å². The maximum Gasteiger partial charge on any atom is 0.408 e. The van der Waals surface area contributed by atoms with Crippen LogP contribution >= 0.6 is 11.8 Å². The zero-order chi connectivity index (χ0) is 36.5. The average Bonchev–Trinajstić information content (AvgIpc) is 3.11. The summed E-state index contributed by atoms with van der Waals surface area (Å²) in [6, 6.07) is 46.1. The summed E-state index contributed by atoms with van der Waals surface area (Å²) in [7, 11) is 0. The molecule has 1 amide bonds. The van der Waals surface area contributed by atoms with Gasteiger partial charge in [-0.1, -0.05) is 115 Å². The van der Waals surface area contributed by atoms with Gasteiger partial charge in [-0.2, -0.15) is 0 Å². The van der Waals surface area contributed by atoms with Crippen molar-refractivity contribution in [3.63, 3.8) is 0 Å². The molecular weight excluding hydrogens is 653 g/mol. The SMILES string of the molecule is CC(C)(C)OC(=O)N[C@H](C=Nc1ccc(-c2cccc(C(=O)OC(C)(C)C)c2)cc1)CSC(c1ccccc1)(c1ccccc1)c1ccccc1. The molecular formula is C44H46N2O4S. The van der Waals surface area contributed by atoms with Gasteiger partial charge in [0, 0.05) is 12.0 Å². The molecule has 0 radical (unpaired) electrons. The van der Waals surface area contributed by atoms with Gasteiger partial charge in [0.05, 0.1) is 22.0 Å². The minimum atomic E-state index is -0.655. The van der Waals surface area contributed by atoms with Crippen LogP contribution in [0.4, 0.5) is 10.5 Å². The highest BCUT2D eigenvalue weighted by atomic mass is 32.2. The number of hydrogen-bond acceptors (Lipinski definition) is 6. The summed E-state index contributed by atoms with van der Waals surface area (Å²) in [4.78, 5) is 30.6. The summed E-state index contributed by atoms with van der Waals surface area (Å²) in [5, 5.41) is 3.07. The van der Waals surface area contributed by atoms with E-state index in [4.69, 9.17) is 14.5 Å². The van der Waals surface area contributed by atoms with E-state index in [2.05, 4.69) is 78.1 Å². The molecule has 5 aromatic carbocycles. The molecule has 51 heavy (non-hydrogen) atoms. The number of hydrogen-bond donors (Lipinski definition) is 1. The number of ether oxygens (including phenoxy) is 2. The Hall–Kier alpha value is -5.14. The van der Waals surface area contributed by atoms with Gasteiger partial charge in [0.1, 0.15) is 11.2 Å². The van der Waals surface area contributed by atoms with Crippen LogP contribution in [0.25, 0.3) is 11.1 Å². The number of nitrogens with zero attached hydrogens (tertiary/aromatic N) is 1. The summed E-state index contributed by atoms with van der Waals surface area (Å²) in [5.41, 5.74) is 5.22. The van der Waals surface area contributed by atoms with Gasteiger partial charge in [0.15, 0.2) is 0 Å². The molecule has 0 bridgehead atoms. The fraction of sp³-hybridized carbons (Fsp3) is 0.250. The molecule has 0 fully saturated rings. The zero-order valence-electron chi connectivity index (χ0n) is 30.1. The number of nitrogens with one attached hydrogen (secondary N) is 1. The maximum absolute atomic E-state index is 13.1. The first kappa shape index (κ1) is 37.1. The predicted octanol–water partition coefficient (Wildman–Crippen LogP) is 10.6. The molecule has 0 aliphatic heterocycles. The number of carbonyl (C=O) groups excluding carboxylic acids is 2. The van der Waals surface area contributed by atoms with Gasteiger partial charge in [-0.05, 0) is 93.6 Å². The highest BCUT2D eigenvalue weighted by Crippen LogP contribution is 2.48. The maximum atomic E-state index is 13.1. The van der Waals surface area contributed by atoms with E-state index in [0.717, 1.165) is 33.5 Å². The van der Waals surface area contributed by atoms with E-state index in [1.54, 1.807) is 24.0 Å². The summed E-state index contributed by atoms with van der Waals surface area (Å²) in [6.45, 7) is 11.1. The van der Waals surface area contributed by atoms with Crippen molar-refractivity contribution in [3.05, 3.63) is 162 Å². The Morgan fingerprint density at radius 3 is 1.65 bits per heavy atom. The Morgan fingerprint density at radius 1 is 0.647 bits per heavy atom. The third-order valence-corrected chi connectivity index (χ3v) is 9.49. The molecule has 1 atom stereocenters. The lowest BCUT2D eigenvalue weighted by atomic mass is 9.84. The molecule has 0 unspecified atom stereocenters. The lowest BCUT2D eigenvalue weighted by Crippen LogP contribution is -2.42. The number of thioether (sulfide) groups is 1. The quantitative estimate of drug-likeness (QED) is 0.0844. The fourth-order valence-electron chi connectivity index (χ4n) is 5.64. The molecule has 6 nitrogen and oxygen atoms in total. The van der Waals surface area contributed by atoms with Crippen LogP contribution in [0.2, 0.25) is 0 Å². The fourth-order valence-corrected chi connectivity index (χ4v) is 7.15. The highest BCUT2D eigenvalue weighted by molar-refractivity contribution is 8.00. The lowest BCUT2D eigenvalue weighted by Gasteiger charge is -2.36. The van der Waals surface area contributed by atoms with E-state index in [9.17, 15) is 9.59 Å². The largest absolute Gasteiger partial charge is 0.456 e. The third kappa shape index (κ3) is 10.2. The predicted molar refractivity (Wildman–Crippen MR) is 210 cm³/mol. The Bertz CT molecular complexity index is 1820. The van der Waals surface area contributed by atoms with Crippen molar-refractivity contribution in [1.82, 2.24) is 5.32 Å². The van der Waals surface area contributed by atoms with Crippen LogP contribution in [-0.4, -0.2) is 41.3 Å². The minimum absolute atomic E-state index is 0.359. The van der Waals surface area contributed by atoms with Crippen molar-refractivity contribution in [2.45, 2.75) is 63.5 Å². The van der Waals surface area contributed by atoms with E-state index in [-0.39, 0.29) is 5.97 Å². The molecule has 5 aromatic rings. The number of amides is 1. The first-order valence-corrected chi connectivity index (χ1v) is 18.1. The van der Waals surface area contributed by atoms with Crippen LogP contribution in [0.3, 0.4) is 0 Å². The molecule has 0 heterocycles. The average molecular weight is 699 g/mol. The second-order valence-corrected chi connectivity index (χ2v) is 15.5. The summed E-state index contributed by atoms with van der Waals surface area (Å²) >= 11 is 1.74. The van der Waals surface area contributed by atoms with Gasteiger partial charge in [0.25, 0.3) is 0 Å². The number of benzene rings is 5. The van der Waals surface area contributed by atoms with Gasteiger partial charge < -0.3 is 14.8 Å². The molecule has 0 saturated carbocycles. The number of carbonyl (C=O) groups is 2. The monoisotopic (exact) mass is 698 g/mol. The molecule has 0 aliphatic carbocycles. The normalized spacial score (nSPS) is 12.7. The smallest absolute Gasteiger partial charge is 0.408 e. The summed E-state index contributed by atoms with van der Waals surface area (Å²) in [6.07, 6.45) is 1.27. The van der Waals surface area contributed by atoms with Gasteiger partial charge >= 0.3 is 12.1 Å². The zero-order valence-corrected chi connectivity index (χ0v) is 30.9. The number of alkyl carbamates (subject to hydrolysis) is 1. The standard InChI is InChI=1S/C44H46N2O4S/c1-42(2,3)49-40(47)34-18-16-17-33(29-34)32-25-27-38(28-26-32)45-30-39(46-41(48)50-43(4,5)6)31-51-44(35-19-10-7-11-20-35,36-21-12-8-13-22-36)37-23-14-9-15-24-37/h7-30,39H,31H2,1-6H3,(H,46,48)/t39-/m1/s1. The molecule has 1 N–H and O–H groups in total. The molecule has 0 aliphatic rings. The van der Waals surface area contributed by atoms with Crippen LogP contribution in [0.5, 0.6) is 0 Å². The second-order valence-electron chi connectivity index (χ2n) is 14.3. The Kier molecular flexibility index (Phi) is 11.8. The van der Waals surface area contributed by atoms with E-state index < -0.39 is 28.1 Å². The topological polar surface area (TPSA) is 77.0 Å². The van der Waals surface area contributed by atoms with Crippen LogP contribution in [0.15, 0.2) is 145 Å². The van der Waals surface area contributed by atoms with E-state index in [1.165, 1.54) is 0 Å². The minimum Gasteiger partial charge on any atom is -0.456 e. The van der Waals surface area contributed by atoms with E-state index >= 15 is 0 Å². The molecule has 0 saturated heterocycles. The van der Waals surface area contributed by atoms with Gasteiger partial charge in [0.2, 0.25) is 0 Å². The van der Waals surface area contributed by atoms with Crippen molar-refractivity contribution in [3.8, 4) is 11.1 Å². The van der Waals surface area contributed by atoms with E-state index in [1.807, 2.05) is 102 Å². The molecule has 5 rings (SSSR count). The van der Waals surface area contributed by atoms with Crippen molar-refractivity contribution < 1.29 is 19.1 Å². The Balaban J connectivity index is 1.44. The Morgan fingerprint density at radius 2 is 1.16 bits per heavy atom. The van der Waals surface area contributed by atoms with Crippen LogP contribution < -0.4 is 5.32 Å². The number of esters is 1. The van der Waals surface area contributed by atoms with Crippen molar-refractivity contribution >= 4 is 35.7 Å². The molecule has 0 aromatic heterocycles. The molecule has 262 valence electrons.